The monoisotopic (exact) mass is 428 g/mol. The number of aromatic amines is 1. The second-order valence-electron chi connectivity index (χ2n) is 7.04. The fourth-order valence-corrected chi connectivity index (χ4v) is 3.66. The van der Waals surface area contributed by atoms with Crippen LogP contribution < -0.4 is 5.32 Å². The van der Waals surface area contributed by atoms with E-state index in [1.165, 1.54) is 23.5 Å². The summed E-state index contributed by atoms with van der Waals surface area (Å²) in [5.41, 5.74) is 2.61. The third-order valence-electron chi connectivity index (χ3n) is 4.73. The number of carbonyl (C=O) groups is 2. The molecule has 0 spiro atoms. The van der Waals surface area contributed by atoms with Crippen molar-refractivity contribution in [3.63, 3.8) is 0 Å². The molecule has 0 saturated heterocycles. The number of aromatic nitrogens is 2. The van der Waals surface area contributed by atoms with Gasteiger partial charge in [-0.05, 0) is 61.0 Å². The van der Waals surface area contributed by atoms with Crippen LogP contribution in [0.15, 0.2) is 47.8 Å². The van der Waals surface area contributed by atoms with Gasteiger partial charge in [-0.1, -0.05) is 6.07 Å². The number of rotatable bonds is 10. The van der Waals surface area contributed by atoms with Crippen LogP contribution >= 0.6 is 11.3 Å². The first kappa shape index (κ1) is 21.7. The summed E-state index contributed by atoms with van der Waals surface area (Å²) >= 11 is 1.40. The molecule has 0 radical (unpaired) electrons. The van der Waals surface area contributed by atoms with Crippen molar-refractivity contribution >= 4 is 23.2 Å². The summed E-state index contributed by atoms with van der Waals surface area (Å²) in [7, 11) is 1.80. The molecule has 0 unspecified atom stereocenters. The average molecular weight is 429 g/mol. The van der Waals surface area contributed by atoms with Crippen LogP contribution in [0.1, 0.15) is 34.6 Å². The number of hydrogen-bond donors (Lipinski definition) is 2. The lowest BCUT2D eigenvalue weighted by Gasteiger charge is -2.16. The van der Waals surface area contributed by atoms with Gasteiger partial charge in [0.1, 0.15) is 5.82 Å². The van der Waals surface area contributed by atoms with Crippen molar-refractivity contribution in [2.75, 3.05) is 20.1 Å². The van der Waals surface area contributed by atoms with Crippen LogP contribution in [0.4, 0.5) is 4.39 Å². The number of aryl methyl sites for hydroxylation is 1. The maximum absolute atomic E-state index is 13.0. The largest absolute Gasteiger partial charge is 0.351 e. The number of carbonyl (C=O) groups excluding carboxylic acids is 2. The molecule has 158 valence electrons. The SMILES string of the molecule is CN(CCCc1cc(-c2ccc(F)cc2)n[nH]1)C(=O)CCCNC(=O)c1cccs1. The van der Waals surface area contributed by atoms with E-state index < -0.39 is 0 Å². The molecular formula is C22H25FN4O2S. The van der Waals surface area contributed by atoms with Crippen molar-refractivity contribution < 1.29 is 14.0 Å². The molecule has 0 aliphatic rings. The van der Waals surface area contributed by atoms with Gasteiger partial charge in [0.2, 0.25) is 5.91 Å². The highest BCUT2D eigenvalue weighted by Crippen LogP contribution is 2.18. The van der Waals surface area contributed by atoms with Gasteiger partial charge < -0.3 is 10.2 Å². The van der Waals surface area contributed by atoms with Crippen LogP contribution in [-0.2, 0) is 11.2 Å². The van der Waals surface area contributed by atoms with Crippen molar-refractivity contribution in [3.05, 3.63) is 64.2 Å². The van der Waals surface area contributed by atoms with Gasteiger partial charge in [-0.15, -0.1) is 11.3 Å². The van der Waals surface area contributed by atoms with Crippen LogP contribution in [0, 0.1) is 5.82 Å². The topological polar surface area (TPSA) is 78.1 Å². The molecule has 0 fully saturated rings. The highest BCUT2D eigenvalue weighted by atomic mass is 32.1. The van der Waals surface area contributed by atoms with Gasteiger partial charge in [0.15, 0.2) is 0 Å². The lowest BCUT2D eigenvalue weighted by Crippen LogP contribution is -2.29. The predicted octanol–water partition coefficient (Wildman–Crippen LogP) is 3.88. The number of nitrogens with zero attached hydrogens (tertiary/aromatic N) is 2. The smallest absolute Gasteiger partial charge is 0.261 e. The van der Waals surface area contributed by atoms with Crippen LogP contribution in [0.25, 0.3) is 11.3 Å². The van der Waals surface area contributed by atoms with Gasteiger partial charge in [0.05, 0.1) is 10.6 Å². The lowest BCUT2D eigenvalue weighted by molar-refractivity contribution is -0.130. The molecular weight excluding hydrogens is 403 g/mol. The summed E-state index contributed by atoms with van der Waals surface area (Å²) in [4.78, 5) is 26.5. The summed E-state index contributed by atoms with van der Waals surface area (Å²) in [6.07, 6.45) is 2.59. The van der Waals surface area contributed by atoms with Crippen LogP contribution in [0.2, 0.25) is 0 Å². The number of halogens is 1. The van der Waals surface area contributed by atoms with Gasteiger partial charge in [0.25, 0.3) is 5.91 Å². The summed E-state index contributed by atoms with van der Waals surface area (Å²) in [6, 6.07) is 11.8. The normalized spacial score (nSPS) is 10.7. The standard InChI is InChI=1S/C22H25FN4O2S/c1-27(21(28)7-2-12-24-22(29)20-6-4-14-30-20)13-3-5-18-15-19(26-25-18)16-8-10-17(23)11-9-16/h4,6,8-11,14-15H,2-3,5,7,12-13H2,1H3,(H,24,29)(H,25,26). The van der Waals surface area contributed by atoms with Gasteiger partial charge in [0, 0.05) is 37.8 Å². The molecule has 6 nitrogen and oxygen atoms in total. The Balaban J connectivity index is 1.33. The third kappa shape index (κ3) is 6.25. The molecule has 3 aromatic rings. The minimum atomic E-state index is -0.271. The maximum atomic E-state index is 13.0. The molecule has 3 rings (SSSR count). The zero-order valence-electron chi connectivity index (χ0n) is 16.9. The first-order chi connectivity index (χ1) is 14.5. The van der Waals surface area contributed by atoms with Crippen molar-refractivity contribution in [1.82, 2.24) is 20.4 Å². The zero-order chi connectivity index (χ0) is 21.3. The first-order valence-electron chi connectivity index (χ1n) is 9.89. The Hall–Kier alpha value is -3.00. The van der Waals surface area contributed by atoms with E-state index in [0.29, 0.717) is 30.8 Å². The summed E-state index contributed by atoms with van der Waals surface area (Å²) in [6.45, 7) is 1.13. The predicted molar refractivity (Wildman–Crippen MR) is 116 cm³/mol. The molecule has 2 heterocycles. The fourth-order valence-electron chi connectivity index (χ4n) is 3.02. The van der Waals surface area contributed by atoms with Crippen molar-refractivity contribution in [3.8, 4) is 11.3 Å². The maximum Gasteiger partial charge on any atom is 0.261 e. The number of thiophene rings is 1. The van der Waals surface area contributed by atoms with Crippen molar-refractivity contribution in [2.45, 2.75) is 25.7 Å². The van der Waals surface area contributed by atoms with E-state index >= 15 is 0 Å². The minimum absolute atomic E-state index is 0.0667. The average Bonchev–Trinajstić information content (AvgIpc) is 3.44. The van der Waals surface area contributed by atoms with Crippen LogP contribution in [0.3, 0.4) is 0 Å². The number of benzene rings is 1. The molecule has 1 aromatic carbocycles. The summed E-state index contributed by atoms with van der Waals surface area (Å²) < 4.78 is 13.0. The Labute approximate surface area is 179 Å². The quantitative estimate of drug-likeness (QED) is 0.481. The number of amides is 2. The first-order valence-corrected chi connectivity index (χ1v) is 10.8. The molecule has 2 aromatic heterocycles. The number of hydrogen-bond acceptors (Lipinski definition) is 4. The molecule has 2 amide bonds. The second-order valence-corrected chi connectivity index (χ2v) is 7.99. The van der Waals surface area contributed by atoms with Gasteiger partial charge in [-0.25, -0.2) is 4.39 Å². The van der Waals surface area contributed by atoms with Crippen molar-refractivity contribution in [1.29, 1.82) is 0 Å². The zero-order valence-corrected chi connectivity index (χ0v) is 17.7. The number of H-pyrrole nitrogens is 1. The summed E-state index contributed by atoms with van der Waals surface area (Å²) in [5.74, 6) is -0.297. The lowest BCUT2D eigenvalue weighted by atomic mass is 10.1. The van der Waals surface area contributed by atoms with Gasteiger partial charge in [-0.3, -0.25) is 14.7 Å². The molecule has 2 N–H and O–H groups in total. The fraction of sp³-hybridized carbons (Fsp3) is 0.318. The minimum Gasteiger partial charge on any atom is -0.351 e. The Bertz CT molecular complexity index is 954. The van der Waals surface area contributed by atoms with E-state index in [9.17, 15) is 14.0 Å². The Morgan fingerprint density at radius 2 is 2.00 bits per heavy atom. The molecule has 0 saturated carbocycles. The summed E-state index contributed by atoms with van der Waals surface area (Å²) in [5, 5.41) is 12.0. The Morgan fingerprint density at radius 3 is 2.73 bits per heavy atom. The highest BCUT2D eigenvalue weighted by Gasteiger charge is 2.10. The van der Waals surface area contributed by atoms with E-state index in [2.05, 4.69) is 15.5 Å². The van der Waals surface area contributed by atoms with Crippen molar-refractivity contribution in [2.24, 2.45) is 0 Å². The van der Waals surface area contributed by atoms with E-state index in [1.807, 2.05) is 17.5 Å². The molecule has 0 bridgehead atoms. The van der Waals surface area contributed by atoms with E-state index in [4.69, 9.17) is 0 Å². The highest BCUT2D eigenvalue weighted by molar-refractivity contribution is 7.12. The molecule has 8 heteroatoms. The molecule has 0 atom stereocenters. The van der Waals surface area contributed by atoms with Gasteiger partial charge >= 0.3 is 0 Å². The molecule has 30 heavy (non-hydrogen) atoms. The number of nitrogens with one attached hydrogen (secondary N) is 2. The van der Waals surface area contributed by atoms with Crippen LogP contribution in [-0.4, -0.2) is 47.0 Å². The van der Waals surface area contributed by atoms with Crippen LogP contribution in [0.5, 0.6) is 0 Å². The molecule has 0 aliphatic carbocycles. The van der Waals surface area contributed by atoms with Gasteiger partial charge in [-0.2, -0.15) is 5.10 Å². The third-order valence-corrected chi connectivity index (χ3v) is 5.60. The molecule has 0 aliphatic heterocycles. The van der Waals surface area contributed by atoms with E-state index in [1.54, 1.807) is 30.1 Å². The van der Waals surface area contributed by atoms with E-state index in [-0.39, 0.29) is 17.6 Å². The second kappa shape index (κ2) is 10.7. The Morgan fingerprint density at radius 1 is 1.20 bits per heavy atom. The Kier molecular flexibility index (Phi) is 7.73. The van der Waals surface area contributed by atoms with E-state index in [0.717, 1.165) is 29.8 Å².